The second-order valence-electron chi connectivity index (χ2n) is 3.74. The maximum absolute atomic E-state index is 12.1. The van der Waals surface area contributed by atoms with Gasteiger partial charge in [0.15, 0.2) is 5.69 Å². The Morgan fingerprint density at radius 2 is 2.11 bits per heavy atom. The second kappa shape index (κ2) is 5.34. The fraction of sp³-hybridized carbons (Fsp3) is 0.154. The van der Waals surface area contributed by atoms with Gasteiger partial charge in [-0.15, -0.1) is 0 Å². The Morgan fingerprint density at radius 1 is 1.42 bits per heavy atom. The molecule has 19 heavy (non-hydrogen) atoms. The van der Waals surface area contributed by atoms with E-state index in [0.717, 1.165) is 6.21 Å². The van der Waals surface area contributed by atoms with E-state index in [1.165, 1.54) is 4.68 Å². The zero-order valence-corrected chi connectivity index (χ0v) is 10.3. The largest absolute Gasteiger partial charge is 0.461 e. The third kappa shape index (κ3) is 2.33. The SMILES string of the molecule is CCOC(=O)c1[nH]n(-c2ccccc2)c(=O)c1C=N. The van der Waals surface area contributed by atoms with Gasteiger partial charge in [0.1, 0.15) is 0 Å². The highest BCUT2D eigenvalue weighted by Gasteiger charge is 2.20. The molecule has 0 fully saturated rings. The maximum atomic E-state index is 12.1. The molecule has 0 bridgehead atoms. The fourth-order valence-corrected chi connectivity index (χ4v) is 1.70. The molecule has 6 nitrogen and oxygen atoms in total. The van der Waals surface area contributed by atoms with E-state index in [2.05, 4.69) is 5.10 Å². The van der Waals surface area contributed by atoms with Crippen molar-refractivity contribution in [1.82, 2.24) is 9.78 Å². The lowest BCUT2D eigenvalue weighted by Crippen LogP contribution is -2.17. The predicted octanol–water partition coefficient (Wildman–Crippen LogP) is 1.34. The Morgan fingerprint density at radius 3 is 2.68 bits per heavy atom. The van der Waals surface area contributed by atoms with E-state index in [9.17, 15) is 9.59 Å². The molecular formula is C13H13N3O3. The zero-order valence-electron chi connectivity index (χ0n) is 10.3. The van der Waals surface area contributed by atoms with Crippen LogP contribution in [0.15, 0.2) is 35.1 Å². The molecule has 0 radical (unpaired) electrons. The smallest absolute Gasteiger partial charge is 0.357 e. The molecule has 1 heterocycles. The van der Waals surface area contributed by atoms with Crippen molar-refractivity contribution in [1.29, 1.82) is 5.41 Å². The van der Waals surface area contributed by atoms with Gasteiger partial charge in [0.25, 0.3) is 5.56 Å². The van der Waals surface area contributed by atoms with Gasteiger partial charge in [0, 0.05) is 6.21 Å². The summed E-state index contributed by atoms with van der Waals surface area (Å²) in [5.74, 6) is -0.646. The van der Waals surface area contributed by atoms with Gasteiger partial charge in [-0.2, -0.15) is 0 Å². The third-order valence-electron chi connectivity index (χ3n) is 2.56. The molecule has 2 N–H and O–H groups in total. The van der Waals surface area contributed by atoms with Crippen LogP contribution in [0.5, 0.6) is 0 Å². The number of carbonyl (C=O) groups excluding carboxylic acids is 1. The van der Waals surface area contributed by atoms with Gasteiger partial charge < -0.3 is 10.1 Å². The van der Waals surface area contributed by atoms with Crippen molar-refractivity contribution in [2.45, 2.75) is 6.92 Å². The van der Waals surface area contributed by atoms with Crippen LogP contribution >= 0.6 is 0 Å². The molecular weight excluding hydrogens is 246 g/mol. The van der Waals surface area contributed by atoms with Crippen LogP contribution in [0.2, 0.25) is 0 Å². The third-order valence-corrected chi connectivity index (χ3v) is 2.56. The van der Waals surface area contributed by atoms with E-state index in [0.29, 0.717) is 5.69 Å². The number of aromatic amines is 1. The van der Waals surface area contributed by atoms with E-state index in [1.54, 1.807) is 31.2 Å². The zero-order chi connectivity index (χ0) is 13.8. The van der Waals surface area contributed by atoms with Gasteiger partial charge in [-0.1, -0.05) is 18.2 Å². The summed E-state index contributed by atoms with van der Waals surface area (Å²) in [5.41, 5.74) is 0.114. The van der Waals surface area contributed by atoms with E-state index < -0.39 is 11.5 Å². The van der Waals surface area contributed by atoms with Crippen molar-refractivity contribution in [2.75, 3.05) is 6.61 Å². The summed E-state index contributed by atoms with van der Waals surface area (Å²) in [7, 11) is 0. The monoisotopic (exact) mass is 259 g/mol. The Bertz CT molecular complexity index is 656. The maximum Gasteiger partial charge on any atom is 0.357 e. The number of ether oxygens (including phenoxy) is 1. The first-order valence-electron chi connectivity index (χ1n) is 5.77. The summed E-state index contributed by atoms with van der Waals surface area (Å²) < 4.78 is 6.06. The summed E-state index contributed by atoms with van der Waals surface area (Å²) in [6.07, 6.45) is 0.852. The molecule has 2 rings (SSSR count). The van der Waals surface area contributed by atoms with Crippen molar-refractivity contribution in [3.05, 3.63) is 51.9 Å². The topological polar surface area (TPSA) is 87.9 Å². The van der Waals surface area contributed by atoms with Crippen molar-refractivity contribution in [3.63, 3.8) is 0 Å². The first-order valence-corrected chi connectivity index (χ1v) is 5.77. The number of carbonyl (C=O) groups is 1. The van der Waals surface area contributed by atoms with Crippen LogP contribution in [0.25, 0.3) is 5.69 Å². The van der Waals surface area contributed by atoms with Crippen molar-refractivity contribution < 1.29 is 9.53 Å². The van der Waals surface area contributed by atoms with E-state index in [1.807, 2.05) is 6.07 Å². The lowest BCUT2D eigenvalue weighted by Gasteiger charge is -2.01. The van der Waals surface area contributed by atoms with E-state index >= 15 is 0 Å². The lowest BCUT2D eigenvalue weighted by molar-refractivity contribution is 0.0519. The molecule has 1 aromatic heterocycles. The molecule has 1 aromatic carbocycles. The highest BCUT2D eigenvalue weighted by Crippen LogP contribution is 2.07. The summed E-state index contributed by atoms with van der Waals surface area (Å²) in [6.45, 7) is 1.88. The molecule has 0 spiro atoms. The van der Waals surface area contributed by atoms with Gasteiger partial charge in [-0.3, -0.25) is 9.89 Å². The number of aromatic nitrogens is 2. The molecule has 0 unspecified atom stereocenters. The van der Waals surface area contributed by atoms with Crippen LogP contribution in [-0.2, 0) is 4.74 Å². The van der Waals surface area contributed by atoms with Gasteiger partial charge >= 0.3 is 5.97 Å². The van der Waals surface area contributed by atoms with Crippen LogP contribution in [0, 0.1) is 5.41 Å². The predicted molar refractivity (Wildman–Crippen MR) is 70.2 cm³/mol. The second-order valence-corrected chi connectivity index (χ2v) is 3.74. The normalized spacial score (nSPS) is 10.2. The molecule has 98 valence electrons. The molecule has 0 amide bonds. The number of esters is 1. The van der Waals surface area contributed by atoms with Gasteiger partial charge in [0.05, 0.1) is 17.9 Å². The molecule has 0 aliphatic rings. The summed E-state index contributed by atoms with van der Waals surface area (Å²) in [4.78, 5) is 23.8. The van der Waals surface area contributed by atoms with Crippen LogP contribution in [0.4, 0.5) is 0 Å². The standard InChI is InChI=1S/C13H13N3O3/c1-2-19-13(18)11-10(8-14)12(17)16(15-11)9-6-4-3-5-7-9/h3-8,14-15H,2H2,1H3. The highest BCUT2D eigenvalue weighted by atomic mass is 16.5. The Labute approximate surface area is 109 Å². The van der Waals surface area contributed by atoms with Crippen molar-refractivity contribution in [2.24, 2.45) is 0 Å². The molecule has 0 saturated carbocycles. The summed E-state index contributed by atoms with van der Waals surface area (Å²) in [5, 5.41) is 9.94. The van der Waals surface area contributed by atoms with Crippen molar-refractivity contribution in [3.8, 4) is 5.69 Å². The van der Waals surface area contributed by atoms with Gasteiger partial charge in [-0.25, -0.2) is 9.48 Å². The lowest BCUT2D eigenvalue weighted by atomic mass is 10.2. The number of hydrogen-bond acceptors (Lipinski definition) is 4. The molecule has 0 aliphatic carbocycles. The van der Waals surface area contributed by atoms with Crippen LogP contribution < -0.4 is 5.56 Å². The Hall–Kier alpha value is -2.63. The summed E-state index contributed by atoms with van der Waals surface area (Å²) >= 11 is 0. The minimum atomic E-state index is -0.646. The number of rotatable bonds is 4. The number of hydrogen-bond donors (Lipinski definition) is 2. The molecule has 0 atom stereocenters. The van der Waals surface area contributed by atoms with Crippen LogP contribution in [0.3, 0.4) is 0 Å². The minimum Gasteiger partial charge on any atom is -0.461 e. The van der Waals surface area contributed by atoms with Gasteiger partial charge in [0.2, 0.25) is 0 Å². The first kappa shape index (κ1) is 12.8. The Balaban J connectivity index is 2.57. The van der Waals surface area contributed by atoms with E-state index in [-0.39, 0.29) is 17.9 Å². The molecule has 0 aliphatic heterocycles. The highest BCUT2D eigenvalue weighted by molar-refractivity contribution is 5.96. The van der Waals surface area contributed by atoms with Crippen molar-refractivity contribution >= 4 is 12.2 Å². The Kier molecular flexibility index (Phi) is 3.61. The van der Waals surface area contributed by atoms with E-state index in [4.69, 9.17) is 10.1 Å². The molecule has 0 saturated heterocycles. The fourth-order valence-electron chi connectivity index (χ4n) is 1.70. The average Bonchev–Trinajstić information content (AvgIpc) is 2.77. The number of para-hydroxylation sites is 1. The van der Waals surface area contributed by atoms with Crippen LogP contribution in [0.1, 0.15) is 23.0 Å². The molecule has 6 heteroatoms. The number of H-pyrrole nitrogens is 1. The van der Waals surface area contributed by atoms with Gasteiger partial charge in [-0.05, 0) is 19.1 Å². The minimum absolute atomic E-state index is 0.00861. The van der Waals surface area contributed by atoms with Crippen LogP contribution in [-0.4, -0.2) is 28.6 Å². The quantitative estimate of drug-likeness (QED) is 0.641. The number of nitrogens with one attached hydrogen (secondary N) is 2. The first-order chi connectivity index (χ1) is 9.19. The average molecular weight is 259 g/mol. The number of benzene rings is 1. The summed E-state index contributed by atoms with van der Waals surface area (Å²) in [6, 6.07) is 8.82. The number of nitrogens with zero attached hydrogens (tertiary/aromatic N) is 1. The molecule has 2 aromatic rings.